The smallest absolute Gasteiger partial charge is 0.161 e. The predicted octanol–water partition coefficient (Wildman–Crippen LogP) is 5.18. The molecule has 6 rings (SSSR count). The lowest BCUT2D eigenvalue weighted by molar-refractivity contribution is 0.277. The van der Waals surface area contributed by atoms with Gasteiger partial charge in [0.2, 0.25) is 0 Å². The topological polar surface area (TPSA) is 74.6 Å². The third-order valence-electron chi connectivity index (χ3n) is 6.73. The van der Waals surface area contributed by atoms with Gasteiger partial charge in [-0.2, -0.15) is 0 Å². The van der Waals surface area contributed by atoms with Crippen LogP contribution in [0.1, 0.15) is 22.3 Å². The number of benzene rings is 4. The number of aliphatic hydroxyl groups is 2. The van der Waals surface area contributed by atoms with Crippen LogP contribution in [0.5, 0.6) is 23.0 Å². The van der Waals surface area contributed by atoms with E-state index in [2.05, 4.69) is 9.80 Å². The van der Waals surface area contributed by atoms with Gasteiger partial charge in [0.1, 0.15) is 23.0 Å². The Morgan fingerprint density at radius 3 is 1.43 bits per heavy atom. The molecule has 188 valence electrons. The Morgan fingerprint density at radius 2 is 1.03 bits per heavy atom. The highest BCUT2D eigenvalue weighted by atomic mass is 16.5. The molecule has 0 spiro atoms. The maximum atomic E-state index is 9.42. The highest BCUT2D eigenvalue weighted by Crippen LogP contribution is 2.33. The normalized spacial score (nSPS) is 14.3. The summed E-state index contributed by atoms with van der Waals surface area (Å²) in [7, 11) is 0. The van der Waals surface area contributed by atoms with Crippen molar-refractivity contribution >= 4 is 11.4 Å². The molecule has 2 aliphatic heterocycles. The van der Waals surface area contributed by atoms with Crippen molar-refractivity contribution in [1.82, 2.24) is 0 Å². The molecular formula is C30H28N2O5. The molecule has 0 saturated carbocycles. The fourth-order valence-electron chi connectivity index (χ4n) is 4.71. The first-order valence-electron chi connectivity index (χ1n) is 12.3. The molecule has 0 fully saturated rings. The quantitative estimate of drug-likeness (QED) is 0.381. The highest BCUT2D eigenvalue weighted by Gasteiger charge is 2.19. The number of hydrogen-bond donors (Lipinski definition) is 2. The van der Waals surface area contributed by atoms with Crippen LogP contribution in [0.2, 0.25) is 0 Å². The lowest BCUT2D eigenvalue weighted by Crippen LogP contribution is -2.31. The van der Waals surface area contributed by atoms with Crippen LogP contribution in [0.3, 0.4) is 0 Å². The van der Waals surface area contributed by atoms with Crippen LogP contribution in [0, 0.1) is 0 Å². The van der Waals surface area contributed by atoms with Crippen molar-refractivity contribution in [3.05, 3.63) is 107 Å². The van der Waals surface area contributed by atoms with Crippen molar-refractivity contribution < 1.29 is 24.4 Å². The van der Waals surface area contributed by atoms with Crippen molar-refractivity contribution in [2.75, 3.05) is 23.3 Å². The molecule has 2 heterocycles. The van der Waals surface area contributed by atoms with Gasteiger partial charge in [-0.05, 0) is 83.9 Å². The van der Waals surface area contributed by atoms with E-state index < -0.39 is 0 Å². The van der Waals surface area contributed by atoms with Gasteiger partial charge in [0.15, 0.2) is 13.5 Å². The van der Waals surface area contributed by atoms with E-state index in [1.54, 1.807) is 0 Å². The predicted molar refractivity (Wildman–Crippen MR) is 141 cm³/mol. The van der Waals surface area contributed by atoms with E-state index in [-0.39, 0.29) is 13.2 Å². The zero-order valence-corrected chi connectivity index (χ0v) is 20.3. The van der Waals surface area contributed by atoms with E-state index in [4.69, 9.17) is 14.2 Å². The summed E-state index contributed by atoms with van der Waals surface area (Å²) in [4.78, 5) is 4.29. The molecule has 0 radical (unpaired) electrons. The van der Waals surface area contributed by atoms with Crippen LogP contribution in [0.15, 0.2) is 84.9 Å². The summed E-state index contributed by atoms with van der Waals surface area (Å²) in [5.41, 5.74) is 5.97. The summed E-state index contributed by atoms with van der Waals surface area (Å²) >= 11 is 0. The Morgan fingerprint density at radius 1 is 0.595 bits per heavy atom. The van der Waals surface area contributed by atoms with Crippen molar-refractivity contribution in [3.8, 4) is 23.0 Å². The van der Waals surface area contributed by atoms with Crippen molar-refractivity contribution in [1.29, 1.82) is 0 Å². The minimum atomic E-state index is 0.0194. The molecule has 0 amide bonds. The van der Waals surface area contributed by atoms with Gasteiger partial charge in [0, 0.05) is 35.6 Å². The SMILES string of the molecule is OCc1ccc2c(c1)CN(c1ccc(Oc3ccc(N4COc5ccc(CO)cc5C4)cc3)cc1)CO2. The Labute approximate surface area is 215 Å². The van der Waals surface area contributed by atoms with Crippen molar-refractivity contribution in [2.45, 2.75) is 26.3 Å². The Kier molecular flexibility index (Phi) is 6.30. The number of aliphatic hydroxyl groups excluding tert-OH is 2. The third kappa shape index (κ3) is 4.91. The van der Waals surface area contributed by atoms with Crippen LogP contribution < -0.4 is 24.0 Å². The minimum absolute atomic E-state index is 0.0194. The number of ether oxygens (including phenoxy) is 3. The molecule has 0 atom stereocenters. The molecule has 2 N–H and O–H groups in total. The summed E-state index contributed by atoms with van der Waals surface area (Å²) in [6.45, 7) is 2.42. The molecule has 7 nitrogen and oxygen atoms in total. The van der Waals surface area contributed by atoms with Gasteiger partial charge in [0.05, 0.1) is 13.2 Å². The molecule has 37 heavy (non-hydrogen) atoms. The standard InChI is InChI=1S/C30H28N2O5/c33-17-21-1-11-29-23(13-21)15-31(19-35-29)25-3-7-27(8-4-25)37-28-9-5-26(6-10-28)32-16-24-14-22(18-34)2-12-30(24)36-20-32/h1-14,33-34H,15-20H2. The Bertz CT molecular complexity index is 1280. The van der Waals surface area contributed by atoms with E-state index in [9.17, 15) is 10.2 Å². The highest BCUT2D eigenvalue weighted by molar-refractivity contribution is 5.55. The van der Waals surface area contributed by atoms with Gasteiger partial charge in [-0.3, -0.25) is 0 Å². The third-order valence-corrected chi connectivity index (χ3v) is 6.73. The molecule has 0 aromatic heterocycles. The van der Waals surface area contributed by atoms with E-state index in [0.29, 0.717) is 13.5 Å². The fraction of sp³-hybridized carbons (Fsp3) is 0.200. The van der Waals surface area contributed by atoms with Crippen LogP contribution in [-0.2, 0) is 26.3 Å². The first kappa shape index (κ1) is 23.2. The zero-order chi connectivity index (χ0) is 25.2. The zero-order valence-electron chi connectivity index (χ0n) is 20.3. The van der Waals surface area contributed by atoms with Gasteiger partial charge < -0.3 is 34.2 Å². The molecule has 4 aromatic rings. The van der Waals surface area contributed by atoms with Crippen LogP contribution >= 0.6 is 0 Å². The molecular weight excluding hydrogens is 468 g/mol. The molecule has 0 saturated heterocycles. The maximum absolute atomic E-state index is 9.42. The fourth-order valence-corrected chi connectivity index (χ4v) is 4.71. The molecule has 2 aliphatic rings. The van der Waals surface area contributed by atoms with Crippen LogP contribution in [0.25, 0.3) is 0 Å². The summed E-state index contributed by atoms with van der Waals surface area (Å²) < 4.78 is 17.9. The Hall–Kier alpha value is -4.20. The van der Waals surface area contributed by atoms with Gasteiger partial charge in [-0.25, -0.2) is 0 Å². The van der Waals surface area contributed by atoms with Crippen molar-refractivity contribution in [2.24, 2.45) is 0 Å². The lowest BCUT2D eigenvalue weighted by Gasteiger charge is -2.31. The first-order chi connectivity index (χ1) is 18.2. The van der Waals surface area contributed by atoms with E-state index in [1.807, 2.05) is 84.9 Å². The summed E-state index contributed by atoms with van der Waals surface area (Å²) in [6.07, 6.45) is 0. The summed E-state index contributed by atoms with van der Waals surface area (Å²) in [5, 5.41) is 18.8. The van der Waals surface area contributed by atoms with Gasteiger partial charge in [0.25, 0.3) is 0 Å². The Balaban J connectivity index is 1.09. The van der Waals surface area contributed by atoms with Crippen LogP contribution in [-0.4, -0.2) is 23.7 Å². The lowest BCUT2D eigenvalue weighted by atomic mass is 10.1. The first-order valence-corrected chi connectivity index (χ1v) is 12.3. The average Bonchev–Trinajstić information content (AvgIpc) is 2.96. The number of nitrogens with zero attached hydrogens (tertiary/aromatic N) is 2. The summed E-state index contributed by atoms with van der Waals surface area (Å²) in [5.74, 6) is 3.24. The monoisotopic (exact) mass is 496 g/mol. The molecule has 4 aromatic carbocycles. The van der Waals surface area contributed by atoms with Gasteiger partial charge in [-0.1, -0.05) is 12.1 Å². The molecule has 0 bridgehead atoms. The minimum Gasteiger partial charge on any atom is -0.473 e. The van der Waals surface area contributed by atoms with Crippen molar-refractivity contribution in [3.63, 3.8) is 0 Å². The number of anilines is 2. The van der Waals surface area contributed by atoms with E-state index in [0.717, 1.165) is 69.7 Å². The van der Waals surface area contributed by atoms with Gasteiger partial charge in [-0.15, -0.1) is 0 Å². The molecule has 7 heteroatoms. The van der Waals surface area contributed by atoms with Crippen LogP contribution in [0.4, 0.5) is 11.4 Å². The second kappa shape index (κ2) is 10.0. The second-order valence-corrected chi connectivity index (χ2v) is 9.23. The maximum Gasteiger partial charge on any atom is 0.161 e. The molecule has 0 unspecified atom stereocenters. The number of hydrogen-bond acceptors (Lipinski definition) is 7. The second-order valence-electron chi connectivity index (χ2n) is 9.23. The molecule has 0 aliphatic carbocycles. The number of rotatable bonds is 6. The van der Waals surface area contributed by atoms with Gasteiger partial charge >= 0.3 is 0 Å². The van der Waals surface area contributed by atoms with E-state index >= 15 is 0 Å². The van der Waals surface area contributed by atoms with E-state index in [1.165, 1.54) is 0 Å². The summed E-state index contributed by atoms with van der Waals surface area (Å²) in [6, 6.07) is 27.5. The largest absolute Gasteiger partial charge is 0.473 e. The number of fused-ring (bicyclic) bond motifs is 2. The average molecular weight is 497 g/mol.